The Balaban J connectivity index is 1.63. The van der Waals surface area contributed by atoms with E-state index in [-0.39, 0.29) is 70.2 Å². The summed E-state index contributed by atoms with van der Waals surface area (Å²) in [5.41, 5.74) is -7.63. The van der Waals surface area contributed by atoms with Crippen molar-refractivity contribution in [1.29, 1.82) is 0 Å². The summed E-state index contributed by atoms with van der Waals surface area (Å²) < 4.78 is 44.8. The van der Waals surface area contributed by atoms with Crippen LogP contribution in [0.5, 0.6) is 0 Å². The number of halogens is 2. The molecule has 8 atom stereocenters. The number of carbonyl (C=O) groups excluding carboxylic acids is 4. The van der Waals surface area contributed by atoms with Crippen LogP contribution < -0.4 is 0 Å². The van der Waals surface area contributed by atoms with Crippen LogP contribution in [0.2, 0.25) is 0 Å². The standard InChI is InChI=1S/C32H42F2N2O13/c1-19-14-21-22-16-24(33)23-15-20(37)10-11-29(23,2)31(22,34)25(38)17-30(21,3)32(19,49-28(41)8-5-4-6-12-47-35(42)43)26(39)18-46-27(40)9-7-13-48-36(44)45/h10-11,19,21-22,25,38H,4-9,12-18H2,1-3H3/t19-,21?,22?,25+,29+,30+,31+,32+/m1/s1. The summed E-state index contributed by atoms with van der Waals surface area (Å²) >= 11 is 0. The highest BCUT2D eigenvalue weighted by Crippen LogP contribution is 2.71. The van der Waals surface area contributed by atoms with E-state index >= 15 is 8.78 Å². The normalized spacial score (nSPS) is 34.7. The number of aliphatic hydroxyl groups excluding tert-OH is 1. The molecule has 1 N–H and O–H groups in total. The van der Waals surface area contributed by atoms with Gasteiger partial charge < -0.3 is 24.3 Å². The van der Waals surface area contributed by atoms with Crippen molar-refractivity contribution < 1.29 is 62.4 Å². The molecule has 0 radical (unpaired) electrons. The molecule has 2 unspecified atom stereocenters. The second kappa shape index (κ2) is 14.5. The first-order chi connectivity index (χ1) is 22.9. The predicted octanol–water partition coefficient (Wildman–Crippen LogP) is 4.05. The van der Waals surface area contributed by atoms with Gasteiger partial charge >= 0.3 is 11.9 Å². The average Bonchev–Trinajstić information content (AvgIpc) is 3.24. The summed E-state index contributed by atoms with van der Waals surface area (Å²) in [6.07, 6.45) is -0.127. The van der Waals surface area contributed by atoms with Crippen LogP contribution in [0, 0.1) is 48.8 Å². The molecule has 0 aliphatic heterocycles. The second-order valence-corrected chi connectivity index (χ2v) is 13.8. The first-order valence-corrected chi connectivity index (χ1v) is 16.4. The smallest absolute Gasteiger partial charge is 0.306 e. The molecule has 49 heavy (non-hydrogen) atoms. The maximum atomic E-state index is 17.7. The summed E-state index contributed by atoms with van der Waals surface area (Å²) in [5, 5.41) is 30.5. The minimum atomic E-state index is -2.44. The van der Waals surface area contributed by atoms with E-state index in [9.17, 15) is 44.5 Å². The number of nitrogens with zero attached hydrogens (tertiary/aromatic N) is 2. The fourth-order valence-electron chi connectivity index (χ4n) is 8.96. The van der Waals surface area contributed by atoms with E-state index in [2.05, 4.69) is 9.68 Å². The molecule has 0 aromatic carbocycles. The lowest BCUT2D eigenvalue weighted by atomic mass is 9.45. The second-order valence-electron chi connectivity index (χ2n) is 13.8. The number of alkyl halides is 1. The van der Waals surface area contributed by atoms with Crippen molar-refractivity contribution >= 4 is 23.5 Å². The van der Waals surface area contributed by atoms with E-state index in [1.165, 1.54) is 19.1 Å². The van der Waals surface area contributed by atoms with Crippen LogP contribution in [-0.2, 0) is 38.3 Å². The molecule has 15 nitrogen and oxygen atoms in total. The fourth-order valence-corrected chi connectivity index (χ4v) is 8.96. The van der Waals surface area contributed by atoms with Gasteiger partial charge in [-0.3, -0.25) is 19.2 Å². The van der Waals surface area contributed by atoms with Crippen LogP contribution in [0.4, 0.5) is 8.78 Å². The minimum absolute atomic E-state index is 0.0275. The molecule has 272 valence electrons. The van der Waals surface area contributed by atoms with Gasteiger partial charge in [0.05, 0.1) is 19.3 Å². The number of rotatable bonds is 16. The molecule has 0 aromatic rings. The topological polar surface area (TPSA) is 212 Å². The Morgan fingerprint density at radius 1 is 1.00 bits per heavy atom. The zero-order chi connectivity index (χ0) is 36.4. The van der Waals surface area contributed by atoms with Gasteiger partial charge in [0.2, 0.25) is 5.78 Å². The average molecular weight is 701 g/mol. The van der Waals surface area contributed by atoms with Gasteiger partial charge in [-0.05, 0) is 56.6 Å². The number of esters is 2. The number of Topliss-reactive ketones (excluding diaryl/α,β-unsaturated/α-hetero) is 1. The molecule has 0 heterocycles. The van der Waals surface area contributed by atoms with E-state index < -0.39 is 98.5 Å². The van der Waals surface area contributed by atoms with Gasteiger partial charge in [0.15, 0.2) is 23.7 Å². The molecular weight excluding hydrogens is 658 g/mol. The lowest BCUT2D eigenvalue weighted by molar-refractivity contribution is -0.757. The van der Waals surface area contributed by atoms with Crippen LogP contribution in [0.15, 0.2) is 23.6 Å². The Hall–Kier alpha value is -4.02. The van der Waals surface area contributed by atoms with Gasteiger partial charge in [-0.2, -0.15) is 0 Å². The number of ether oxygens (including phenoxy) is 2. The molecule has 4 rings (SSSR count). The highest BCUT2D eigenvalue weighted by atomic mass is 19.1. The predicted molar refractivity (Wildman–Crippen MR) is 161 cm³/mol. The zero-order valence-electron chi connectivity index (χ0n) is 27.7. The summed E-state index contributed by atoms with van der Waals surface area (Å²) in [7, 11) is 0. The number of aliphatic hydroxyl groups is 1. The van der Waals surface area contributed by atoms with Crippen LogP contribution in [0.3, 0.4) is 0 Å². The van der Waals surface area contributed by atoms with Crippen LogP contribution in [0.25, 0.3) is 0 Å². The Labute approximate surface area is 280 Å². The summed E-state index contributed by atoms with van der Waals surface area (Å²) in [6.45, 7) is 3.23. The number of unbranched alkanes of at least 4 members (excludes halogenated alkanes) is 2. The monoisotopic (exact) mass is 700 g/mol. The molecule has 4 aliphatic rings. The maximum absolute atomic E-state index is 17.7. The van der Waals surface area contributed by atoms with E-state index in [0.29, 0.717) is 6.42 Å². The minimum Gasteiger partial charge on any atom is -0.457 e. The molecular formula is C32H42F2N2O13. The first kappa shape index (κ1) is 37.8. The van der Waals surface area contributed by atoms with Crippen molar-refractivity contribution in [3.05, 3.63) is 43.8 Å². The molecule has 0 saturated heterocycles. The van der Waals surface area contributed by atoms with E-state index in [1.807, 2.05) is 0 Å². The third-order valence-electron chi connectivity index (χ3n) is 11.2. The van der Waals surface area contributed by atoms with Crippen LogP contribution >= 0.6 is 0 Å². The largest absolute Gasteiger partial charge is 0.457 e. The maximum Gasteiger partial charge on any atom is 0.306 e. The van der Waals surface area contributed by atoms with Crippen LogP contribution in [-0.4, -0.2) is 76.0 Å². The summed E-state index contributed by atoms with van der Waals surface area (Å²) in [5.74, 6) is -6.38. The zero-order valence-corrected chi connectivity index (χ0v) is 27.7. The lowest BCUT2D eigenvalue weighted by Crippen LogP contribution is -2.70. The number of ketones is 2. The molecule has 0 amide bonds. The Morgan fingerprint density at radius 3 is 2.29 bits per heavy atom. The molecule has 0 aromatic heterocycles. The van der Waals surface area contributed by atoms with Crippen LogP contribution in [0.1, 0.15) is 85.0 Å². The number of hydrogen-bond donors (Lipinski definition) is 1. The van der Waals surface area contributed by atoms with Gasteiger partial charge in [-0.15, -0.1) is 20.2 Å². The van der Waals surface area contributed by atoms with Gasteiger partial charge in [-0.25, -0.2) is 8.78 Å². The third-order valence-corrected chi connectivity index (χ3v) is 11.2. The molecule has 4 aliphatic carbocycles. The Bertz CT molecular complexity index is 1440. The molecule has 2 fully saturated rings. The van der Waals surface area contributed by atoms with E-state index in [4.69, 9.17) is 9.47 Å². The van der Waals surface area contributed by atoms with Gasteiger partial charge in [0.1, 0.15) is 5.83 Å². The van der Waals surface area contributed by atoms with Crippen molar-refractivity contribution in [3.63, 3.8) is 0 Å². The van der Waals surface area contributed by atoms with Crippen molar-refractivity contribution in [2.75, 3.05) is 19.8 Å². The molecule has 0 bridgehead atoms. The van der Waals surface area contributed by atoms with E-state index in [0.717, 1.165) is 0 Å². The van der Waals surface area contributed by atoms with Gasteiger partial charge in [0.25, 0.3) is 10.2 Å². The quantitative estimate of drug-likeness (QED) is 0.104. The highest BCUT2D eigenvalue weighted by Gasteiger charge is 2.77. The van der Waals surface area contributed by atoms with Gasteiger partial charge in [-0.1, -0.05) is 26.3 Å². The number of allylic oxidation sites excluding steroid dienone is 4. The summed E-state index contributed by atoms with van der Waals surface area (Å²) in [4.78, 5) is 81.5. The van der Waals surface area contributed by atoms with Crippen molar-refractivity contribution in [2.45, 2.75) is 102 Å². The Morgan fingerprint density at radius 2 is 1.63 bits per heavy atom. The number of hydrogen-bond acceptors (Lipinski definition) is 13. The fraction of sp³-hybridized carbons (Fsp3) is 0.750. The van der Waals surface area contributed by atoms with E-state index in [1.54, 1.807) is 13.8 Å². The SMILES string of the molecule is C[C@@H]1CC2C3CC(F)=C4CC(=O)C=C[C@]4(C)[C@@]3(F)[C@@H](O)C[C@]2(C)[C@@]1(OC(=O)CCCCCO[N+](=O)[O-])C(=O)COC(=O)CCCO[N+](=O)[O-]. The highest BCUT2D eigenvalue weighted by molar-refractivity contribution is 5.94. The lowest BCUT2D eigenvalue weighted by Gasteiger charge is -2.62. The van der Waals surface area contributed by atoms with Crippen molar-refractivity contribution in [3.8, 4) is 0 Å². The molecule has 0 spiro atoms. The number of fused-ring (bicyclic) bond motifs is 5. The molecule has 17 heteroatoms. The van der Waals surface area contributed by atoms with Crippen molar-refractivity contribution in [2.24, 2.45) is 28.6 Å². The summed E-state index contributed by atoms with van der Waals surface area (Å²) in [6, 6.07) is 0. The first-order valence-electron chi connectivity index (χ1n) is 16.4. The molecule has 2 saturated carbocycles. The number of carbonyl (C=O) groups is 4. The Kier molecular flexibility index (Phi) is 11.1. The third kappa shape index (κ3) is 6.77. The van der Waals surface area contributed by atoms with Gasteiger partial charge in [0, 0.05) is 48.3 Å². The van der Waals surface area contributed by atoms with Crippen molar-refractivity contribution in [1.82, 2.24) is 0 Å².